The van der Waals surface area contributed by atoms with Gasteiger partial charge in [-0.1, -0.05) is 0 Å². The second kappa shape index (κ2) is 2.23. The van der Waals surface area contributed by atoms with Crippen LogP contribution in [0.4, 0.5) is 0 Å². The van der Waals surface area contributed by atoms with E-state index in [2.05, 4.69) is 5.32 Å². The Morgan fingerprint density at radius 2 is 2.40 bits per heavy atom. The van der Waals surface area contributed by atoms with E-state index in [1.165, 1.54) is 0 Å². The number of carbonyl (C=O) groups is 1. The van der Waals surface area contributed by atoms with Crippen LogP contribution in [0.25, 0.3) is 0 Å². The van der Waals surface area contributed by atoms with E-state index in [0.717, 1.165) is 32.3 Å². The number of nitrogens with zero attached hydrogens (tertiary/aromatic N) is 1. The maximum Gasteiger partial charge on any atom is 0.210 e. The Labute approximate surface area is 60.4 Å². The normalized spacial score (nSPS) is 38.2. The molecule has 2 saturated heterocycles. The Morgan fingerprint density at radius 1 is 1.50 bits per heavy atom. The number of likely N-dealkylation sites (tertiary alicyclic amines) is 1. The molecular formula is C7H12N2O. The maximum atomic E-state index is 10.4. The molecule has 0 saturated carbocycles. The highest BCUT2D eigenvalue weighted by atomic mass is 16.1. The average molecular weight is 140 g/mol. The minimum absolute atomic E-state index is 0.512. The highest BCUT2D eigenvalue weighted by Crippen LogP contribution is 2.22. The van der Waals surface area contributed by atoms with Crippen LogP contribution >= 0.6 is 0 Å². The standard InChI is InChI=1S/C7H12N2O/c10-5-9-4-2-6-7(9)1-3-8-6/h5-8H,1-4H2. The minimum Gasteiger partial charge on any atom is -0.341 e. The third-order valence-electron chi connectivity index (χ3n) is 2.57. The second-order valence-electron chi connectivity index (χ2n) is 3.05. The molecule has 2 fully saturated rings. The van der Waals surface area contributed by atoms with Crippen molar-refractivity contribution in [3.8, 4) is 0 Å². The third-order valence-corrected chi connectivity index (χ3v) is 2.57. The van der Waals surface area contributed by atoms with Crippen molar-refractivity contribution >= 4 is 6.41 Å². The number of amides is 1. The molecule has 0 aliphatic carbocycles. The van der Waals surface area contributed by atoms with Crippen molar-refractivity contribution in [1.82, 2.24) is 10.2 Å². The van der Waals surface area contributed by atoms with E-state index >= 15 is 0 Å². The molecule has 3 heteroatoms. The molecule has 2 unspecified atom stereocenters. The van der Waals surface area contributed by atoms with Gasteiger partial charge in [-0.05, 0) is 19.4 Å². The van der Waals surface area contributed by atoms with E-state index < -0.39 is 0 Å². The van der Waals surface area contributed by atoms with Gasteiger partial charge in [-0.2, -0.15) is 0 Å². The van der Waals surface area contributed by atoms with Gasteiger partial charge in [0, 0.05) is 18.6 Å². The molecule has 2 atom stereocenters. The lowest BCUT2D eigenvalue weighted by Crippen LogP contribution is -2.33. The van der Waals surface area contributed by atoms with Gasteiger partial charge in [0.15, 0.2) is 0 Å². The van der Waals surface area contributed by atoms with Crippen LogP contribution in [0, 0.1) is 0 Å². The summed E-state index contributed by atoms with van der Waals surface area (Å²) in [7, 11) is 0. The molecule has 2 aliphatic rings. The van der Waals surface area contributed by atoms with Crippen molar-refractivity contribution in [2.24, 2.45) is 0 Å². The summed E-state index contributed by atoms with van der Waals surface area (Å²) in [5.74, 6) is 0. The zero-order chi connectivity index (χ0) is 6.97. The van der Waals surface area contributed by atoms with Crippen molar-refractivity contribution in [2.75, 3.05) is 13.1 Å². The maximum absolute atomic E-state index is 10.4. The topological polar surface area (TPSA) is 32.3 Å². The molecule has 1 N–H and O–H groups in total. The summed E-state index contributed by atoms with van der Waals surface area (Å²) in [6, 6.07) is 1.11. The molecule has 0 aromatic rings. The van der Waals surface area contributed by atoms with Gasteiger partial charge in [-0.15, -0.1) is 0 Å². The summed E-state index contributed by atoms with van der Waals surface area (Å²) in [5, 5.41) is 3.38. The molecule has 0 bridgehead atoms. The SMILES string of the molecule is O=CN1CCC2NCCC21. The van der Waals surface area contributed by atoms with Crippen LogP contribution in [0.2, 0.25) is 0 Å². The van der Waals surface area contributed by atoms with E-state index in [-0.39, 0.29) is 0 Å². The number of nitrogens with one attached hydrogen (secondary N) is 1. The van der Waals surface area contributed by atoms with E-state index in [9.17, 15) is 4.79 Å². The van der Waals surface area contributed by atoms with Crippen molar-refractivity contribution < 1.29 is 4.79 Å². The number of hydrogen-bond donors (Lipinski definition) is 1. The lowest BCUT2D eigenvalue weighted by molar-refractivity contribution is -0.118. The van der Waals surface area contributed by atoms with Gasteiger partial charge in [-0.25, -0.2) is 0 Å². The third kappa shape index (κ3) is 0.736. The number of fused-ring (bicyclic) bond motifs is 1. The van der Waals surface area contributed by atoms with Gasteiger partial charge < -0.3 is 10.2 Å². The molecule has 2 aliphatic heterocycles. The molecule has 0 aromatic carbocycles. The first-order chi connectivity index (χ1) is 4.92. The Kier molecular flexibility index (Phi) is 1.38. The fourth-order valence-electron chi connectivity index (χ4n) is 2.03. The van der Waals surface area contributed by atoms with Crippen LogP contribution < -0.4 is 5.32 Å². The summed E-state index contributed by atoms with van der Waals surface area (Å²) in [6.45, 7) is 2.03. The van der Waals surface area contributed by atoms with Crippen molar-refractivity contribution in [2.45, 2.75) is 24.9 Å². The first kappa shape index (κ1) is 6.16. The number of rotatable bonds is 1. The average Bonchev–Trinajstić information content (AvgIpc) is 2.44. The monoisotopic (exact) mass is 140 g/mol. The molecular weight excluding hydrogens is 128 g/mol. The van der Waals surface area contributed by atoms with Crippen LogP contribution in [0.1, 0.15) is 12.8 Å². The lowest BCUT2D eigenvalue weighted by atomic mass is 10.1. The van der Waals surface area contributed by atoms with Crippen molar-refractivity contribution in [1.29, 1.82) is 0 Å². The first-order valence-electron chi connectivity index (χ1n) is 3.86. The fourth-order valence-corrected chi connectivity index (χ4v) is 2.03. The van der Waals surface area contributed by atoms with Crippen LogP contribution in [-0.2, 0) is 4.79 Å². The van der Waals surface area contributed by atoms with Crippen LogP contribution in [0.3, 0.4) is 0 Å². The molecule has 56 valence electrons. The fraction of sp³-hybridized carbons (Fsp3) is 0.857. The van der Waals surface area contributed by atoms with Gasteiger partial charge >= 0.3 is 0 Å². The summed E-state index contributed by atoms with van der Waals surface area (Å²) < 4.78 is 0. The van der Waals surface area contributed by atoms with Gasteiger partial charge in [-0.3, -0.25) is 4.79 Å². The summed E-state index contributed by atoms with van der Waals surface area (Å²) in [5.41, 5.74) is 0. The number of carbonyl (C=O) groups excluding carboxylic acids is 1. The van der Waals surface area contributed by atoms with E-state index in [1.807, 2.05) is 4.90 Å². The molecule has 10 heavy (non-hydrogen) atoms. The van der Waals surface area contributed by atoms with Gasteiger partial charge in [0.1, 0.15) is 0 Å². The van der Waals surface area contributed by atoms with E-state index in [0.29, 0.717) is 12.1 Å². The highest BCUT2D eigenvalue weighted by molar-refractivity contribution is 5.49. The predicted molar refractivity (Wildman–Crippen MR) is 37.6 cm³/mol. The molecule has 0 aromatic heterocycles. The van der Waals surface area contributed by atoms with Gasteiger partial charge in [0.05, 0.1) is 0 Å². The zero-order valence-corrected chi connectivity index (χ0v) is 5.92. The van der Waals surface area contributed by atoms with E-state index in [4.69, 9.17) is 0 Å². The lowest BCUT2D eigenvalue weighted by Gasteiger charge is -2.16. The Bertz CT molecular complexity index is 149. The first-order valence-corrected chi connectivity index (χ1v) is 3.86. The van der Waals surface area contributed by atoms with Crippen molar-refractivity contribution in [3.63, 3.8) is 0 Å². The van der Waals surface area contributed by atoms with Gasteiger partial charge in [0.2, 0.25) is 6.41 Å². The number of hydrogen-bond acceptors (Lipinski definition) is 2. The van der Waals surface area contributed by atoms with Gasteiger partial charge in [0.25, 0.3) is 0 Å². The molecule has 2 rings (SSSR count). The summed E-state index contributed by atoms with van der Waals surface area (Å²) in [6.07, 6.45) is 3.27. The second-order valence-corrected chi connectivity index (χ2v) is 3.05. The molecule has 0 radical (unpaired) electrons. The van der Waals surface area contributed by atoms with Crippen LogP contribution in [0.15, 0.2) is 0 Å². The van der Waals surface area contributed by atoms with E-state index in [1.54, 1.807) is 0 Å². The molecule has 3 nitrogen and oxygen atoms in total. The Morgan fingerprint density at radius 3 is 3.20 bits per heavy atom. The molecule has 2 heterocycles. The molecule has 0 spiro atoms. The predicted octanol–water partition coefficient (Wildman–Crippen LogP) is -0.421. The Hall–Kier alpha value is -0.570. The smallest absolute Gasteiger partial charge is 0.210 e. The minimum atomic E-state index is 0.512. The van der Waals surface area contributed by atoms with Crippen LogP contribution in [0.5, 0.6) is 0 Å². The quantitative estimate of drug-likeness (QED) is 0.502. The van der Waals surface area contributed by atoms with Crippen molar-refractivity contribution in [3.05, 3.63) is 0 Å². The Balaban J connectivity index is 2.07. The highest BCUT2D eigenvalue weighted by Gasteiger charge is 2.36. The summed E-state index contributed by atoms with van der Waals surface area (Å²) in [4.78, 5) is 12.4. The van der Waals surface area contributed by atoms with Crippen LogP contribution in [-0.4, -0.2) is 36.5 Å². The molecule has 1 amide bonds. The summed E-state index contributed by atoms with van der Waals surface area (Å²) >= 11 is 0. The largest absolute Gasteiger partial charge is 0.341 e. The zero-order valence-electron chi connectivity index (χ0n) is 5.92.